The number of nitrogens with zero attached hydrogens (tertiary/aromatic N) is 1. The predicted octanol–water partition coefficient (Wildman–Crippen LogP) is 3.29. The van der Waals surface area contributed by atoms with E-state index in [4.69, 9.17) is 10.5 Å². The smallest absolute Gasteiger partial charge is 0.239 e. The molecular formula is C21H24F2N2O2. The van der Waals surface area contributed by atoms with E-state index in [2.05, 4.69) is 0 Å². The van der Waals surface area contributed by atoms with Crippen molar-refractivity contribution in [1.29, 1.82) is 0 Å². The molecule has 1 aliphatic heterocycles. The Bertz CT molecular complexity index is 784. The van der Waals surface area contributed by atoms with E-state index in [0.29, 0.717) is 37.3 Å². The number of carbonyl (C=O) groups excluding carboxylic acids is 1. The Morgan fingerprint density at radius 1 is 1.22 bits per heavy atom. The Labute approximate surface area is 157 Å². The van der Waals surface area contributed by atoms with E-state index in [1.807, 2.05) is 0 Å². The highest BCUT2D eigenvalue weighted by atomic mass is 19.1. The van der Waals surface area contributed by atoms with Crippen molar-refractivity contribution in [2.75, 3.05) is 13.2 Å². The van der Waals surface area contributed by atoms with Crippen LogP contribution in [0.25, 0.3) is 0 Å². The van der Waals surface area contributed by atoms with Gasteiger partial charge in [0.15, 0.2) is 0 Å². The molecule has 1 saturated heterocycles. The lowest BCUT2D eigenvalue weighted by Crippen LogP contribution is -2.47. The van der Waals surface area contributed by atoms with Crippen LogP contribution in [0.5, 0.6) is 5.75 Å². The third-order valence-electron chi connectivity index (χ3n) is 4.90. The van der Waals surface area contributed by atoms with Gasteiger partial charge in [-0.3, -0.25) is 4.79 Å². The number of halogens is 2. The molecule has 2 N–H and O–H groups in total. The monoisotopic (exact) mass is 374 g/mol. The van der Waals surface area contributed by atoms with Gasteiger partial charge in [0.2, 0.25) is 5.91 Å². The van der Waals surface area contributed by atoms with Crippen molar-refractivity contribution in [1.82, 2.24) is 4.90 Å². The zero-order valence-electron chi connectivity index (χ0n) is 15.1. The average molecular weight is 374 g/mol. The Kier molecular flexibility index (Phi) is 6.40. The number of benzene rings is 2. The minimum absolute atomic E-state index is 0.0831. The third kappa shape index (κ3) is 5.04. The molecule has 0 saturated carbocycles. The summed E-state index contributed by atoms with van der Waals surface area (Å²) in [5.74, 6) is -0.337. The summed E-state index contributed by atoms with van der Waals surface area (Å²) in [4.78, 5) is 14.5. The van der Waals surface area contributed by atoms with E-state index < -0.39 is 6.04 Å². The molecule has 2 aromatic rings. The molecule has 0 bridgehead atoms. The minimum Gasteiger partial charge on any atom is -0.491 e. The molecule has 2 atom stereocenters. The second-order valence-electron chi connectivity index (χ2n) is 6.83. The van der Waals surface area contributed by atoms with Crippen LogP contribution in [0.3, 0.4) is 0 Å². The molecule has 4 nitrogen and oxygen atoms in total. The normalized spacial score (nSPS) is 17.7. The highest BCUT2D eigenvalue weighted by Gasteiger charge is 2.32. The van der Waals surface area contributed by atoms with Gasteiger partial charge < -0.3 is 15.4 Å². The van der Waals surface area contributed by atoms with E-state index >= 15 is 0 Å². The fourth-order valence-electron chi connectivity index (χ4n) is 3.40. The SMILES string of the molecule is N[C@H](CCc1ccccc1F)C(=O)N1CCC[C@H]1COc1cccc(F)c1. The molecule has 3 rings (SSSR count). The fourth-order valence-corrected chi connectivity index (χ4v) is 3.40. The molecule has 1 amide bonds. The number of hydrogen-bond acceptors (Lipinski definition) is 3. The Morgan fingerprint density at radius 2 is 2.04 bits per heavy atom. The van der Waals surface area contributed by atoms with Gasteiger partial charge in [-0.05, 0) is 49.4 Å². The van der Waals surface area contributed by atoms with E-state index in [1.54, 1.807) is 35.2 Å². The van der Waals surface area contributed by atoms with Gasteiger partial charge in [0, 0.05) is 12.6 Å². The number of ether oxygens (including phenoxy) is 1. The van der Waals surface area contributed by atoms with Gasteiger partial charge in [0.1, 0.15) is 24.0 Å². The molecule has 1 heterocycles. The summed E-state index contributed by atoms with van der Waals surface area (Å²) >= 11 is 0. The first-order chi connectivity index (χ1) is 13.0. The summed E-state index contributed by atoms with van der Waals surface area (Å²) in [6.45, 7) is 0.929. The Morgan fingerprint density at radius 3 is 2.81 bits per heavy atom. The van der Waals surface area contributed by atoms with Crippen LogP contribution in [0.1, 0.15) is 24.8 Å². The van der Waals surface area contributed by atoms with Crippen LogP contribution in [-0.4, -0.2) is 36.0 Å². The van der Waals surface area contributed by atoms with Crippen LogP contribution in [0.2, 0.25) is 0 Å². The standard InChI is InChI=1S/C21H24F2N2O2/c22-16-6-3-8-18(13-16)27-14-17-7-4-12-25(17)21(26)20(24)11-10-15-5-1-2-9-19(15)23/h1-3,5-6,8-9,13,17,20H,4,7,10-12,14,24H2/t17-,20+/m0/s1. The number of carbonyl (C=O) groups is 1. The summed E-state index contributed by atoms with van der Waals surface area (Å²) in [6, 6.07) is 11.7. The maximum atomic E-state index is 13.7. The van der Waals surface area contributed by atoms with Crippen molar-refractivity contribution < 1.29 is 18.3 Å². The second kappa shape index (κ2) is 8.95. The second-order valence-corrected chi connectivity index (χ2v) is 6.83. The third-order valence-corrected chi connectivity index (χ3v) is 4.90. The first kappa shape index (κ1) is 19.3. The molecule has 0 unspecified atom stereocenters. The molecule has 0 aliphatic carbocycles. The van der Waals surface area contributed by atoms with Crippen molar-refractivity contribution in [2.45, 2.75) is 37.8 Å². The number of rotatable bonds is 7. The zero-order chi connectivity index (χ0) is 19.2. The first-order valence-electron chi connectivity index (χ1n) is 9.22. The predicted molar refractivity (Wildman–Crippen MR) is 99.3 cm³/mol. The van der Waals surface area contributed by atoms with Gasteiger partial charge in [-0.2, -0.15) is 0 Å². The van der Waals surface area contributed by atoms with Gasteiger partial charge in [-0.1, -0.05) is 24.3 Å². The van der Waals surface area contributed by atoms with Crippen LogP contribution >= 0.6 is 0 Å². The van der Waals surface area contributed by atoms with Crippen molar-refractivity contribution >= 4 is 5.91 Å². The Hall–Kier alpha value is -2.47. The van der Waals surface area contributed by atoms with E-state index in [1.165, 1.54) is 18.2 Å². The molecular weight excluding hydrogens is 350 g/mol. The fraction of sp³-hybridized carbons (Fsp3) is 0.381. The highest BCUT2D eigenvalue weighted by Crippen LogP contribution is 2.21. The summed E-state index contributed by atoms with van der Waals surface area (Å²) < 4.78 is 32.6. The minimum atomic E-state index is -0.681. The van der Waals surface area contributed by atoms with Gasteiger partial charge in [-0.15, -0.1) is 0 Å². The maximum absolute atomic E-state index is 13.7. The van der Waals surface area contributed by atoms with Crippen molar-refractivity contribution in [3.8, 4) is 5.75 Å². The van der Waals surface area contributed by atoms with Crippen LogP contribution in [0.4, 0.5) is 8.78 Å². The van der Waals surface area contributed by atoms with Gasteiger partial charge in [-0.25, -0.2) is 8.78 Å². The highest BCUT2D eigenvalue weighted by molar-refractivity contribution is 5.82. The summed E-state index contributed by atoms with van der Waals surface area (Å²) in [6.07, 6.45) is 2.50. The van der Waals surface area contributed by atoms with Gasteiger partial charge in [0.05, 0.1) is 12.1 Å². The summed E-state index contributed by atoms with van der Waals surface area (Å²) in [5.41, 5.74) is 6.64. The molecule has 1 aliphatic rings. The van der Waals surface area contributed by atoms with Crippen molar-refractivity contribution in [2.24, 2.45) is 5.73 Å². The van der Waals surface area contributed by atoms with E-state index in [-0.39, 0.29) is 23.6 Å². The summed E-state index contributed by atoms with van der Waals surface area (Å²) in [7, 11) is 0. The quantitative estimate of drug-likeness (QED) is 0.809. The van der Waals surface area contributed by atoms with Crippen LogP contribution in [0.15, 0.2) is 48.5 Å². The number of likely N-dealkylation sites (tertiary alicyclic amines) is 1. The molecule has 144 valence electrons. The number of aryl methyl sites for hydroxylation is 1. The Balaban J connectivity index is 1.53. The molecule has 6 heteroatoms. The maximum Gasteiger partial charge on any atom is 0.239 e. The zero-order valence-corrected chi connectivity index (χ0v) is 15.1. The van der Waals surface area contributed by atoms with Crippen molar-refractivity contribution in [3.63, 3.8) is 0 Å². The molecule has 1 fully saturated rings. The molecule has 0 radical (unpaired) electrons. The number of hydrogen-bond donors (Lipinski definition) is 1. The molecule has 2 aromatic carbocycles. The van der Waals surface area contributed by atoms with E-state index in [9.17, 15) is 13.6 Å². The van der Waals surface area contributed by atoms with E-state index in [0.717, 1.165) is 12.8 Å². The lowest BCUT2D eigenvalue weighted by Gasteiger charge is -2.27. The van der Waals surface area contributed by atoms with Crippen LogP contribution in [-0.2, 0) is 11.2 Å². The summed E-state index contributed by atoms with van der Waals surface area (Å²) in [5, 5.41) is 0. The largest absolute Gasteiger partial charge is 0.491 e. The number of amides is 1. The first-order valence-corrected chi connectivity index (χ1v) is 9.22. The van der Waals surface area contributed by atoms with Gasteiger partial charge in [0.25, 0.3) is 0 Å². The van der Waals surface area contributed by atoms with Crippen LogP contribution < -0.4 is 10.5 Å². The topological polar surface area (TPSA) is 55.6 Å². The average Bonchev–Trinajstić information content (AvgIpc) is 3.13. The molecule has 0 aromatic heterocycles. The van der Waals surface area contributed by atoms with Gasteiger partial charge >= 0.3 is 0 Å². The molecule has 0 spiro atoms. The lowest BCUT2D eigenvalue weighted by molar-refractivity contribution is -0.134. The van der Waals surface area contributed by atoms with Crippen molar-refractivity contribution in [3.05, 3.63) is 65.7 Å². The number of nitrogens with two attached hydrogens (primary N) is 1. The molecule has 27 heavy (non-hydrogen) atoms. The van der Waals surface area contributed by atoms with Crippen LogP contribution in [0, 0.1) is 11.6 Å². The lowest BCUT2D eigenvalue weighted by atomic mass is 10.0.